The van der Waals surface area contributed by atoms with Crippen LogP contribution in [0.4, 0.5) is 0 Å². The van der Waals surface area contributed by atoms with E-state index in [9.17, 15) is 9.90 Å². The van der Waals surface area contributed by atoms with Gasteiger partial charge in [-0.2, -0.15) is 5.10 Å². The lowest BCUT2D eigenvalue weighted by Crippen LogP contribution is -2.40. The molecule has 3 aromatic rings. The van der Waals surface area contributed by atoms with Crippen LogP contribution in [0.2, 0.25) is 0 Å². The number of carbonyl (C=O) groups is 1. The smallest absolute Gasteiger partial charge is 0.270 e. The van der Waals surface area contributed by atoms with Crippen LogP contribution in [-0.2, 0) is 6.54 Å². The third-order valence-corrected chi connectivity index (χ3v) is 4.90. The minimum atomic E-state index is -0.565. The van der Waals surface area contributed by atoms with E-state index in [4.69, 9.17) is 4.74 Å². The number of carbonyl (C=O) groups excluding carboxylic acids is 1. The maximum Gasteiger partial charge on any atom is 0.270 e. The first-order valence-corrected chi connectivity index (χ1v) is 9.32. The number of rotatable bonds is 6. The molecule has 0 saturated heterocycles. The molecule has 7 nitrogen and oxygen atoms in total. The highest BCUT2D eigenvalue weighted by Gasteiger charge is 2.34. The van der Waals surface area contributed by atoms with Crippen LogP contribution in [0.5, 0.6) is 11.5 Å². The zero-order valence-corrected chi connectivity index (χ0v) is 15.3. The summed E-state index contributed by atoms with van der Waals surface area (Å²) in [5.41, 5.74) is 0.295. The number of para-hydroxylation sites is 1. The van der Waals surface area contributed by atoms with Crippen molar-refractivity contribution in [2.75, 3.05) is 0 Å². The summed E-state index contributed by atoms with van der Waals surface area (Å²) < 4.78 is 7.54. The molecular weight excluding hydrogens is 356 g/mol. The summed E-state index contributed by atoms with van der Waals surface area (Å²) in [7, 11) is 0. The van der Waals surface area contributed by atoms with E-state index >= 15 is 0 Å². The molecule has 2 N–H and O–H groups in total. The SMILES string of the molecule is O=C(N[C@@H]1CC(Cn2cccn2)C[C@H]1O)c1ccc(Oc2ccccc2)cn1. The van der Waals surface area contributed by atoms with E-state index in [2.05, 4.69) is 15.4 Å². The highest BCUT2D eigenvalue weighted by molar-refractivity contribution is 5.92. The Bertz CT molecular complexity index is 897. The van der Waals surface area contributed by atoms with Gasteiger partial charge in [-0.1, -0.05) is 18.2 Å². The molecule has 1 amide bonds. The third kappa shape index (κ3) is 4.37. The van der Waals surface area contributed by atoms with Crippen LogP contribution in [0.1, 0.15) is 23.3 Å². The number of amides is 1. The molecule has 1 aromatic carbocycles. The fourth-order valence-corrected chi connectivity index (χ4v) is 3.54. The summed E-state index contributed by atoms with van der Waals surface area (Å²) in [5, 5.41) is 17.4. The topological polar surface area (TPSA) is 89.3 Å². The lowest BCUT2D eigenvalue weighted by atomic mass is 10.1. The van der Waals surface area contributed by atoms with E-state index in [0.717, 1.165) is 6.54 Å². The first-order chi connectivity index (χ1) is 13.7. The average molecular weight is 378 g/mol. The maximum atomic E-state index is 12.5. The molecule has 0 radical (unpaired) electrons. The number of hydrogen-bond acceptors (Lipinski definition) is 5. The number of aliphatic hydroxyl groups is 1. The molecule has 1 aliphatic carbocycles. The summed E-state index contributed by atoms with van der Waals surface area (Å²) in [6.45, 7) is 0.736. The maximum absolute atomic E-state index is 12.5. The third-order valence-electron chi connectivity index (χ3n) is 4.90. The Morgan fingerprint density at radius 1 is 1.14 bits per heavy atom. The summed E-state index contributed by atoms with van der Waals surface area (Å²) in [4.78, 5) is 16.7. The molecule has 1 saturated carbocycles. The Hall–Kier alpha value is -3.19. The molecule has 3 atom stereocenters. The van der Waals surface area contributed by atoms with Gasteiger partial charge in [-0.25, -0.2) is 4.98 Å². The van der Waals surface area contributed by atoms with Crippen molar-refractivity contribution in [2.24, 2.45) is 5.92 Å². The molecule has 28 heavy (non-hydrogen) atoms. The van der Waals surface area contributed by atoms with E-state index in [-0.39, 0.29) is 17.9 Å². The highest BCUT2D eigenvalue weighted by atomic mass is 16.5. The molecule has 0 bridgehead atoms. The van der Waals surface area contributed by atoms with Crippen molar-refractivity contribution in [1.29, 1.82) is 0 Å². The molecule has 144 valence electrons. The largest absolute Gasteiger partial charge is 0.456 e. The Morgan fingerprint density at radius 2 is 2.00 bits per heavy atom. The number of pyridine rings is 1. The summed E-state index contributed by atoms with van der Waals surface area (Å²) in [5.74, 6) is 1.24. The molecule has 2 heterocycles. The Kier molecular flexibility index (Phi) is 5.34. The van der Waals surface area contributed by atoms with Gasteiger partial charge in [-0.05, 0) is 49.1 Å². The minimum Gasteiger partial charge on any atom is -0.456 e. The van der Waals surface area contributed by atoms with Crippen LogP contribution in [0, 0.1) is 5.92 Å². The number of benzene rings is 1. The molecule has 1 unspecified atom stereocenters. The predicted octanol–water partition coefficient (Wildman–Crippen LogP) is 2.64. The average Bonchev–Trinajstić information content (AvgIpc) is 3.33. The van der Waals surface area contributed by atoms with E-state index in [1.165, 1.54) is 6.20 Å². The minimum absolute atomic E-state index is 0.273. The zero-order valence-electron chi connectivity index (χ0n) is 15.3. The van der Waals surface area contributed by atoms with Gasteiger partial charge in [0.05, 0.1) is 18.3 Å². The van der Waals surface area contributed by atoms with Crippen LogP contribution in [0.15, 0.2) is 67.1 Å². The quantitative estimate of drug-likeness (QED) is 0.688. The van der Waals surface area contributed by atoms with E-state index in [1.807, 2.05) is 47.3 Å². The van der Waals surface area contributed by atoms with Gasteiger partial charge in [0.25, 0.3) is 5.91 Å². The second-order valence-corrected chi connectivity index (χ2v) is 7.01. The first kappa shape index (κ1) is 18.2. The lowest BCUT2D eigenvalue weighted by molar-refractivity contribution is 0.0868. The molecule has 7 heteroatoms. The van der Waals surface area contributed by atoms with Gasteiger partial charge in [-0.3, -0.25) is 9.48 Å². The highest BCUT2D eigenvalue weighted by Crippen LogP contribution is 2.28. The molecule has 1 aliphatic rings. The van der Waals surface area contributed by atoms with Crippen molar-refractivity contribution in [1.82, 2.24) is 20.1 Å². The number of hydrogen-bond donors (Lipinski definition) is 2. The second kappa shape index (κ2) is 8.22. The van der Waals surface area contributed by atoms with Crippen LogP contribution in [0.25, 0.3) is 0 Å². The fourth-order valence-electron chi connectivity index (χ4n) is 3.54. The Balaban J connectivity index is 1.33. The van der Waals surface area contributed by atoms with Crippen molar-refractivity contribution in [3.8, 4) is 11.5 Å². The predicted molar refractivity (Wildman–Crippen MR) is 103 cm³/mol. The number of aromatic nitrogens is 3. The molecule has 4 rings (SSSR count). The number of nitrogens with one attached hydrogen (secondary N) is 1. The van der Waals surface area contributed by atoms with Crippen molar-refractivity contribution in [3.63, 3.8) is 0 Å². The molecule has 0 spiro atoms. The van der Waals surface area contributed by atoms with Crippen molar-refractivity contribution in [3.05, 3.63) is 72.8 Å². The summed E-state index contributed by atoms with van der Waals surface area (Å²) in [6.07, 6.45) is 5.95. The van der Waals surface area contributed by atoms with Crippen LogP contribution in [0.3, 0.4) is 0 Å². The van der Waals surface area contributed by atoms with Gasteiger partial charge in [0.1, 0.15) is 17.2 Å². The summed E-state index contributed by atoms with van der Waals surface area (Å²) in [6, 6.07) is 14.3. The van der Waals surface area contributed by atoms with E-state index in [0.29, 0.717) is 30.0 Å². The van der Waals surface area contributed by atoms with Gasteiger partial charge in [-0.15, -0.1) is 0 Å². The van der Waals surface area contributed by atoms with E-state index in [1.54, 1.807) is 18.3 Å². The van der Waals surface area contributed by atoms with Crippen LogP contribution >= 0.6 is 0 Å². The first-order valence-electron chi connectivity index (χ1n) is 9.32. The fraction of sp³-hybridized carbons (Fsp3) is 0.286. The zero-order chi connectivity index (χ0) is 19.3. The number of aliphatic hydroxyl groups excluding tert-OH is 1. The Morgan fingerprint density at radius 3 is 2.71 bits per heavy atom. The van der Waals surface area contributed by atoms with Gasteiger partial charge in [0, 0.05) is 18.9 Å². The standard InChI is InChI=1S/C21H22N4O3/c26-20-12-15(14-25-10-4-9-23-25)11-19(20)24-21(27)18-8-7-17(13-22-18)28-16-5-2-1-3-6-16/h1-10,13,15,19-20,26H,11-12,14H2,(H,24,27)/t15?,19-,20-/m1/s1. The number of nitrogens with zero attached hydrogens (tertiary/aromatic N) is 3. The normalized spacial score (nSPS) is 21.4. The van der Waals surface area contributed by atoms with Gasteiger partial charge in [0.2, 0.25) is 0 Å². The second-order valence-electron chi connectivity index (χ2n) is 7.01. The summed E-state index contributed by atoms with van der Waals surface area (Å²) >= 11 is 0. The van der Waals surface area contributed by atoms with Gasteiger partial charge >= 0.3 is 0 Å². The molecule has 2 aromatic heterocycles. The lowest BCUT2D eigenvalue weighted by Gasteiger charge is -2.16. The number of ether oxygens (including phenoxy) is 1. The van der Waals surface area contributed by atoms with Gasteiger partial charge < -0.3 is 15.2 Å². The molecule has 0 aliphatic heterocycles. The van der Waals surface area contributed by atoms with Crippen molar-refractivity contribution < 1.29 is 14.6 Å². The van der Waals surface area contributed by atoms with E-state index < -0.39 is 6.10 Å². The van der Waals surface area contributed by atoms with Crippen molar-refractivity contribution >= 4 is 5.91 Å². The molecule has 1 fully saturated rings. The van der Waals surface area contributed by atoms with Gasteiger partial charge in [0.15, 0.2) is 0 Å². The Labute approximate surface area is 163 Å². The van der Waals surface area contributed by atoms with Crippen molar-refractivity contribution in [2.45, 2.75) is 31.5 Å². The van der Waals surface area contributed by atoms with Crippen LogP contribution < -0.4 is 10.1 Å². The van der Waals surface area contributed by atoms with Crippen LogP contribution in [-0.4, -0.2) is 37.9 Å². The monoisotopic (exact) mass is 378 g/mol. The molecular formula is C21H22N4O3.